The van der Waals surface area contributed by atoms with Gasteiger partial charge >= 0.3 is 0 Å². The molecule has 21 heavy (non-hydrogen) atoms. The molecule has 0 spiro atoms. The summed E-state index contributed by atoms with van der Waals surface area (Å²) in [5.41, 5.74) is 1.17. The molecular formula is C16H15NO3S. The largest absolute Gasteiger partial charge is 0.496 e. The van der Waals surface area contributed by atoms with Crippen molar-refractivity contribution < 1.29 is 13.9 Å². The van der Waals surface area contributed by atoms with Crippen molar-refractivity contribution in [2.45, 2.75) is 13.0 Å². The molecule has 5 heteroatoms. The predicted octanol–water partition coefficient (Wildman–Crippen LogP) is 3.99. The van der Waals surface area contributed by atoms with Gasteiger partial charge in [-0.3, -0.25) is 4.79 Å². The van der Waals surface area contributed by atoms with Crippen LogP contribution < -0.4 is 10.1 Å². The maximum absolute atomic E-state index is 12.4. The molecule has 0 radical (unpaired) electrons. The van der Waals surface area contributed by atoms with Gasteiger partial charge in [-0.15, -0.1) is 11.3 Å². The number of rotatable bonds is 4. The molecule has 0 saturated heterocycles. The van der Waals surface area contributed by atoms with E-state index in [1.807, 2.05) is 30.5 Å². The molecule has 0 saturated carbocycles. The molecule has 0 aliphatic carbocycles. The van der Waals surface area contributed by atoms with Crippen LogP contribution in [-0.2, 0) is 0 Å². The monoisotopic (exact) mass is 301 g/mol. The Kier molecular flexibility index (Phi) is 3.66. The van der Waals surface area contributed by atoms with Crippen LogP contribution in [0.15, 0.2) is 46.4 Å². The molecule has 3 rings (SSSR count). The van der Waals surface area contributed by atoms with Crippen LogP contribution in [0.5, 0.6) is 5.75 Å². The summed E-state index contributed by atoms with van der Waals surface area (Å²) >= 11 is 1.62. The van der Waals surface area contributed by atoms with E-state index in [0.29, 0.717) is 16.9 Å². The van der Waals surface area contributed by atoms with Crippen LogP contribution in [0.4, 0.5) is 0 Å². The fraction of sp³-hybridized carbons (Fsp3) is 0.188. The number of methoxy groups -OCH3 is 1. The molecule has 2 aromatic heterocycles. The fourth-order valence-corrected chi connectivity index (χ4v) is 2.96. The van der Waals surface area contributed by atoms with Crippen molar-refractivity contribution in [1.82, 2.24) is 5.32 Å². The van der Waals surface area contributed by atoms with E-state index in [1.165, 1.54) is 0 Å². The zero-order valence-corrected chi connectivity index (χ0v) is 12.6. The Morgan fingerprint density at radius 2 is 2.24 bits per heavy atom. The number of carbonyl (C=O) groups is 1. The Morgan fingerprint density at radius 1 is 1.38 bits per heavy atom. The summed E-state index contributed by atoms with van der Waals surface area (Å²) in [5.74, 6) is 0.489. The maximum atomic E-state index is 12.4. The standard InChI is InChI=1S/C16H15NO3S/c1-10(15-4-3-7-21-15)17-16(18)11-8-13(19-2)12-5-6-20-14(12)9-11/h3-10H,1-2H3,(H,17,18). The average Bonchev–Trinajstić information content (AvgIpc) is 3.16. The lowest BCUT2D eigenvalue weighted by atomic mass is 10.1. The first-order valence-corrected chi connectivity index (χ1v) is 7.46. The minimum Gasteiger partial charge on any atom is -0.496 e. The number of nitrogens with one attached hydrogen (secondary N) is 1. The third kappa shape index (κ3) is 2.64. The first-order chi connectivity index (χ1) is 10.2. The Morgan fingerprint density at radius 3 is 2.95 bits per heavy atom. The van der Waals surface area contributed by atoms with Crippen LogP contribution in [0.1, 0.15) is 28.2 Å². The fourth-order valence-electron chi connectivity index (χ4n) is 2.23. The quantitative estimate of drug-likeness (QED) is 0.792. The number of ether oxygens (including phenoxy) is 1. The zero-order valence-electron chi connectivity index (χ0n) is 11.8. The number of hydrogen-bond acceptors (Lipinski definition) is 4. The molecule has 1 N–H and O–H groups in total. The Balaban J connectivity index is 1.87. The van der Waals surface area contributed by atoms with Gasteiger partial charge < -0.3 is 14.5 Å². The number of carbonyl (C=O) groups excluding carboxylic acids is 1. The Hall–Kier alpha value is -2.27. The van der Waals surface area contributed by atoms with Gasteiger partial charge in [-0.1, -0.05) is 6.07 Å². The Labute approximate surface area is 126 Å². The van der Waals surface area contributed by atoms with Crippen molar-refractivity contribution in [3.8, 4) is 5.75 Å². The van der Waals surface area contributed by atoms with E-state index in [0.717, 1.165) is 10.3 Å². The molecule has 4 nitrogen and oxygen atoms in total. The summed E-state index contributed by atoms with van der Waals surface area (Å²) < 4.78 is 10.7. The highest BCUT2D eigenvalue weighted by Crippen LogP contribution is 2.28. The van der Waals surface area contributed by atoms with Gasteiger partial charge in [0.15, 0.2) is 0 Å². The minimum atomic E-state index is -0.146. The SMILES string of the molecule is COc1cc(C(=O)NC(C)c2cccs2)cc2occc12. The minimum absolute atomic E-state index is 0.0317. The second kappa shape index (κ2) is 5.61. The number of thiophene rings is 1. The van der Waals surface area contributed by atoms with E-state index in [-0.39, 0.29) is 11.9 Å². The summed E-state index contributed by atoms with van der Waals surface area (Å²) in [6.45, 7) is 1.96. The van der Waals surface area contributed by atoms with Gasteiger partial charge in [0.1, 0.15) is 11.3 Å². The average molecular weight is 301 g/mol. The molecule has 1 atom stereocenters. The topological polar surface area (TPSA) is 51.5 Å². The lowest BCUT2D eigenvalue weighted by Gasteiger charge is -2.13. The highest BCUT2D eigenvalue weighted by Gasteiger charge is 2.15. The van der Waals surface area contributed by atoms with Gasteiger partial charge in [0.25, 0.3) is 5.91 Å². The molecular weight excluding hydrogens is 286 g/mol. The molecule has 0 bridgehead atoms. The lowest BCUT2D eigenvalue weighted by Crippen LogP contribution is -2.26. The summed E-state index contributed by atoms with van der Waals surface area (Å²) in [4.78, 5) is 13.5. The molecule has 3 aromatic rings. The van der Waals surface area contributed by atoms with Gasteiger partial charge in [0.05, 0.1) is 24.8 Å². The van der Waals surface area contributed by atoms with E-state index in [4.69, 9.17) is 9.15 Å². The molecule has 0 fully saturated rings. The van der Waals surface area contributed by atoms with Gasteiger partial charge in [0.2, 0.25) is 0 Å². The summed E-state index contributed by atoms with van der Waals surface area (Å²) in [5, 5.41) is 5.84. The van der Waals surface area contributed by atoms with Crippen molar-refractivity contribution in [2.24, 2.45) is 0 Å². The van der Waals surface area contributed by atoms with E-state index in [9.17, 15) is 4.79 Å². The molecule has 108 valence electrons. The normalized spacial score (nSPS) is 12.3. The first kappa shape index (κ1) is 13.7. The van der Waals surface area contributed by atoms with Crippen LogP contribution in [0.2, 0.25) is 0 Å². The lowest BCUT2D eigenvalue weighted by molar-refractivity contribution is 0.0940. The van der Waals surface area contributed by atoms with Crippen LogP contribution in [0.25, 0.3) is 11.0 Å². The molecule has 1 unspecified atom stereocenters. The molecule has 1 amide bonds. The van der Waals surface area contributed by atoms with Crippen molar-refractivity contribution in [3.63, 3.8) is 0 Å². The number of amides is 1. The van der Waals surface area contributed by atoms with Crippen LogP contribution in [0.3, 0.4) is 0 Å². The highest BCUT2D eigenvalue weighted by atomic mass is 32.1. The van der Waals surface area contributed by atoms with E-state index >= 15 is 0 Å². The molecule has 2 heterocycles. The van der Waals surface area contributed by atoms with Gasteiger partial charge in [-0.25, -0.2) is 0 Å². The van der Waals surface area contributed by atoms with E-state index in [1.54, 1.807) is 36.8 Å². The summed E-state index contributed by atoms with van der Waals surface area (Å²) in [6.07, 6.45) is 1.59. The number of furan rings is 1. The second-order valence-electron chi connectivity index (χ2n) is 4.72. The smallest absolute Gasteiger partial charge is 0.252 e. The number of fused-ring (bicyclic) bond motifs is 1. The van der Waals surface area contributed by atoms with Crippen molar-refractivity contribution in [1.29, 1.82) is 0 Å². The first-order valence-electron chi connectivity index (χ1n) is 6.58. The summed E-state index contributed by atoms with van der Waals surface area (Å²) in [6, 6.07) is 9.23. The molecule has 0 aliphatic rings. The van der Waals surface area contributed by atoms with Crippen molar-refractivity contribution in [2.75, 3.05) is 7.11 Å². The molecule has 1 aromatic carbocycles. The second-order valence-corrected chi connectivity index (χ2v) is 5.70. The van der Waals surface area contributed by atoms with Gasteiger partial charge in [-0.05, 0) is 36.6 Å². The van der Waals surface area contributed by atoms with Crippen LogP contribution in [-0.4, -0.2) is 13.0 Å². The van der Waals surface area contributed by atoms with Gasteiger partial charge in [-0.2, -0.15) is 0 Å². The maximum Gasteiger partial charge on any atom is 0.252 e. The van der Waals surface area contributed by atoms with Crippen LogP contribution >= 0.6 is 11.3 Å². The number of hydrogen-bond donors (Lipinski definition) is 1. The zero-order chi connectivity index (χ0) is 14.8. The third-order valence-electron chi connectivity index (χ3n) is 3.33. The third-order valence-corrected chi connectivity index (χ3v) is 4.39. The predicted molar refractivity (Wildman–Crippen MR) is 83.0 cm³/mol. The van der Waals surface area contributed by atoms with Crippen molar-refractivity contribution >= 4 is 28.2 Å². The number of benzene rings is 1. The van der Waals surface area contributed by atoms with Gasteiger partial charge in [0, 0.05) is 10.4 Å². The van der Waals surface area contributed by atoms with E-state index < -0.39 is 0 Å². The highest BCUT2D eigenvalue weighted by molar-refractivity contribution is 7.10. The molecule has 0 aliphatic heterocycles. The Bertz CT molecular complexity index is 761. The van der Waals surface area contributed by atoms with Crippen LogP contribution in [0, 0.1) is 0 Å². The van der Waals surface area contributed by atoms with E-state index in [2.05, 4.69) is 5.32 Å². The summed E-state index contributed by atoms with van der Waals surface area (Å²) in [7, 11) is 1.58. The van der Waals surface area contributed by atoms with Crippen molar-refractivity contribution in [3.05, 3.63) is 52.4 Å².